The lowest BCUT2D eigenvalue weighted by atomic mass is 9.69. The highest BCUT2D eigenvalue weighted by atomic mass is 79.9. The molecule has 0 radical (unpaired) electrons. The van der Waals surface area contributed by atoms with Crippen molar-refractivity contribution in [3.8, 4) is 11.8 Å². The van der Waals surface area contributed by atoms with Crippen molar-refractivity contribution in [2.45, 2.75) is 19.3 Å². The molecule has 0 atom stereocenters. The van der Waals surface area contributed by atoms with Crippen molar-refractivity contribution in [1.29, 1.82) is 5.26 Å². The highest BCUT2D eigenvalue weighted by Gasteiger charge is 2.46. The molecule has 1 saturated carbocycles. The second-order valence-electron chi connectivity index (χ2n) is 4.73. The molecule has 2 rings (SSSR count). The number of nitriles is 1. The number of amides is 1. The number of halogens is 1. The number of ether oxygens (including phenoxy) is 1. The van der Waals surface area contributed by atoms with E-state index in [-0.39, 0.29) is 5.91 Å². The fourth-order valence-electron chi connectivity index (χ4n) is 2.21. The van der Waals surface area contributed by atoms with E-state index < -0.39 is 5.41 Å². The number of hydrogen-bond donors (Lipinski definition) is 0. The van der Waals surface area contributed by atoms with Crippen molar-refractivity contribution in [3.05, 3.63) is 22.7 Å². The lowest BCUT2D eigenvalue weighted by Crippen LogP contribution is -2.45. The summed E-state index contributed by atoms with van der Waals surface area (Å²) in [5, 5.41) is 9.21. The molecule has 0 spiro atoms. The second kappa shape index (κ2) is 5.22. The summed E-state index contributed by atoms with van der Waals surface area (Å²) in [6, 6.07) is 7.60. The normalized spacial score (nSPS) is 16.1. The van der Waals surface area contributed by atoms with Crippen LogP contribution in [0.4, 0.5) is 5.69 Å². The van der Waals surface area contributed by atoms with Crippen molar-refractivity contribution < 1.29 is 9.53 Å². The number of hydrogen-bond acceptors (Lipinski definition) is 3. The third-order valence-electron chi connectivity index (χ3n) is 3.66. The topological polar surface area (TPSA) is 53.3 Å². The van der Waals surface area contributed by atoms with Gasteiger partial charge in [-0.2, -0.15) is 5.26 Å². The van der Waals surface area contributed by atoms with E-state index in [0.717, 1.165) is 16.6 Å². The molecule has 0 bridgehead atoms. The molecule has 1 aliphatic carbocycles. The van der Waals surface area contributed by atoms with Crippen LogP contribution in [-0.2, 0) is 4.79 Å². The number of benzene rings is 1. The second-order valence-corrected chi connectivity index (χ2v) is 5.58. The van der Waals surface area contributed by atoms with Gasteiger partial charge in [0.15, 0.2) is 0 Å². The molecule has 4 nitrogen and oxygen atoms in total. The van der Waals surface area contributed by atoms with Gasteiger partial charge in [-0.25, -0.2) is 0 Å². The molecule has 0 aromatic heterocycles. The minimum atomic E-state index is -0.818. The largest absolute Gasteiger partial charge is 0.496 e. The minimum absolute atomic E-state index is 0.127. The average Bonchev–Trinajstić information content (AvgIpc) is 2.37. The Morgan fingerprint density at radius 3 is 2.63 bits per heavy atom. The van der Waals surface area contributed by atoms with E-state index in [2.05, 4.69) is 22.0 Å². The van der Waals surface area contributed by atoms with Gasteiger partial charge in [-0.3, -0.25) is 4.79 Å². The fraction of sp³-hybridized carbons (Fsp3) is 0.429. The molecule has 0 unspecified atom stereocenters. The van der Waals surface area contributed by atoms with E-state index in [9.17, 15) is 10.1 Å². The van der Waals surface area contributed by atoms with Crippen LogP contribution in [0.15, 0.2) is 22.7 Å². The number of nitrogens with zero attached hydrogens (tertiary/aromatic N) is 2. The monoisotopic (exact) mass is 322 g/mol. The Kier molecular flexibility index (Phi) is 3.81. The van der Waals surface area contributed by atoms with E-state index in [0.29, 0.717) is 18.6 Å². The van der Waals surface area contributed by atoms with Gasteiger partial charge in [0, 0.05) is 12.7 Å². The maximum Gasteiger partial charge on any atom is 0.247 e. The Morgan fingerprint density at radius 2 is 2.21 bits per heavy atom. The third-order valence-corrected chi connectivity index (χ3v) is 4.28. The van der Waals surface area contributed by atoms with Crippen molar-refractivity contribution >= 4 is 27.5 Å². The minimum Gasteiger partial charge on any atom is -0.496 e. The van der Waals surface area contributed by atoms with Crippen molar-refractivity contribution in [1.82, 2.24) is 0 Å². The predicted molar refractivity (Wildman–Crippen MR) is 76.0 cm³/mol. The maximum absolute atomic E-state index is 12.4. The first-order valence-corrected chi connectivity index (χ1v) is 6.86. The summed E-state index contributed by atoms with van der Waals surface area (Å²) in [4.78, 5) is 13.9. The van der Waals surface area contributed by atoms with Gasteiger partial charge in [0.1, 0.15) is 11.2 Å². The van der Waals surface area contributed by atoms with E-state index in [4.69, 9.17) is 4.74 Å². The summed E-state index contributed by atoms with van der Waals surface area (Å²) in [6.45, 7) is 0. The molecule has 5 heteroatoms. The summed E-state index contributed by atoms with van der Waals surface area (Å²) in [5.74, 6) is 0.585. The SMILES string of the molecule is COc1ccc(N(C)C(=O)C2(C#N)CCC2)cc1Br. The number of carbonyl (C=O) groups excluding carboxylic acids is 1. The predicted octanol–water partition coefficient (Wildman–Crippen LogP) is 3.11. The Balaban J connectivity index is 2.25. The Labute approximate surface area is 121 Å². The molecule has 1 aliphatic rings. The van der Waals surface area contributed by atoms with Gasteiger partial charge in [0.2, 0.25) is 5.91 Å². The third kappa shape index (κ3) is 2.33. The lowest BCUT2D eigenvalue weighted by Gasteiger charge is -2.36. The number of methoxy groups -OCH3 is 1. The molecule has 100 valence electrons. The van der Waals surface area contributed by atoms with Crippen LogP contribution in [0.2, 0.25) is 0 Å². The summed E-state index contributed by atoms with van der Waals surface area (Å²) in [7, 11) is 3.29. The molecule has 0 N–H and O–H groups in total. The molecule has 1 amide bonds. The van der Waals surface area contributed by atoms with Gasteiger partial charge in [-0.05, 0) is 53.4 Å². The van der Waals surface area contributed by atoms with Gasteiger partial charge in [0.25, 0.3) is 0 Å². The molecule has 0 saturated heterocycles. The van der Waals surface area contributed by atoms with Crippen LogP contribution >= 0.6 is 15.9 Å². The summed E-state index contributed by atoms with van der Waals surface area (Å²) >= 11 is 3.40. The summed E-state index contributed by atoms with van der Waals surface area (Å²) in [5.41, 5.74) is -0.0690. The van der Waals surface area contributed by atoms with Gasteiger partial charge in [-0.15, -0.1) is 0 Å². The molecule has 0 aliphatic heterocycles. The van der Waals surface area contributed by atoms with Gasteiger partial charge >= 0.3 is 0 Å². The molecular weight excluding hydrogens is 308 g/mol. The standard InChI is InChI=1S/C14H15BrN2O2/c1-17(13(18)14(9-16)6-3-7-14)10-4-5-12(19-2)11(15)8-10/h4-5,8H,3,6-7H2,1-2H3. The lowest BCUT2D eigenvalue weighted by molar-refractivity contribution is -0.128. The molecule has 0 heterocycles. The average molecular weight is 323 g/mol. The first kappa shape index (κ1) is 13.9. The zero-order chi connectivity index (χ0) is 14.0. The fourth-order valence-corrected chi connectivity index (χ4v) is 2.73. The van der Waals surface area contributed by atoms with Crippen molar-refractivity contribution in [3.63, 3.8) is 0 Å². The summed E-state index contributed by atoms with van der Waals surface area (Å²) < 4.78 is 5.94. The van der Waals surface area contributed by atoms with Crippen LogP contribution in [0, 0.1) is 16.7 Å². The van der Waals surface area contributed by atoms with Crippen LogP contribution in [0.3, 0.4) is 0 Å². The molecule has 1 fully saturated rings. The molecule has 1 aromatic carbocycles. The van der Waals surface area contributed by atoms with Crippen LogP contribution in [-0.4, -0.2) is 20.1 Å². The Bertz CT molecular complexity index is 547. The van der Waals surface area contributed by atoms with Crippen LogP contribution < -0.4 is 9.64 Å². The number of anilines is 1. The van der Waals surface area contributed by atoms with Gasteiger partial charge in [-0.1, -0.05) is 0 Å². The highest BCUT2D eigenvalue weighted by Crippen LogP contribution is 2.42. The number of rotatable bonds is 3. The Hall–Kier alpha value is -1.54. The van der Waals surface area contributed by atoms with Gasteiger partial charge in [0.05, 0.1) is 17.7 Å². The van der Waals surface area contributed by atoms with E-state index >= 15 is 0 Å². The van der Waals surface area contributed by atoms with Crippen LogP contribution in [0.1, 0.15) is 19.3 Å². The van der Waals surface area contributed by atoms with Crippen LogP contribution in [0.5, 0.6) is 5.75 Å². The molecular formula is C14H15BrN2O2. The van der Waals surface area contributed by atoms with E-state index in [1.165, 1.54) is 0 Å². The van der Waals surface area contributed by atoms with Crippen molar-refractivity contribution in [2.75, 3.05) is 19.1 Å². The van der Waals surface area contributed by atoms with Gasteiger partial charge < -0.3 is 9.64 Å². The number of carbonyl (C=O) groups is 1. The molecule has 19 heavy (non-hydrogen) atoms. The van der Waals surface area contributed by atoms with E-state index in [1.807, 2.05) is 12.1 Å². The van der Waals surface area contributed by atoms with Crippen molar-refractivity contribution in [2.24, 2.45) is 5.41 Å². The van der Waals surface area contributed by atoms with E-state index in [1.54, 1.807) is 25.1 Å². The first-order chi connectivity index (χ1) is 9.04. The highest BCUT2D eigenvalue weighted by molar-refractivity contribution is 9.10. The zero-order valence-corrected chi connectivity index (χ0v) is 12.5. The Morgan fingerprint density at radius 1 is 1.53 bits per heavy atom. The first-order valence-electron chi connectivity index (χ1n) is 6.07. The maximum atomic E-state index is 12.4. The zero-order valence-electron chi connectivity index (χ0n) is 10.9. The van der Waals surface area contributed by atoms with Crippen LogP contribution in [0.25, 0.3) is 0 Å². The molecule has 1 aromatic rings. The quantitative estimate of drug-likeness (QED) is 0.859. The summed E-state index contributed by atoms with van der Waals surface area (Å²) in [6.07, 6.45) is 2.26. The smallest absolute Gasteiger partial charge is 0.247 e.